The topological polar surface area (TPSA) is 67.4 Å². The summed E-state index contributed by atoms with van der Waals surface area (Å²) in [6, 6.07) is 21.1. The smallest absolute Gasteiger partial charge is 0.253 e. The lowest BCUT2D eigenvalue weighted by atomic mass is 9.99. The minimum Gasteiger partial charge on any atom is -0.368 e. The van der Waals surface area contributed by atoms with Gasteiger partial charge >= 0.3 is 0 Å². The third-order valence-electron chi connectivity index (χ3n) is 5.25. The van der Waals surface area contributed by atoms with E-state index in [0.717, 1.165) is 29.2 Å². The van der Waals surface area contributed by atoms with Crippen molar-refractivity contribution in [3.8, 4) is 0 Å². The Morgan fingerprint density at radius 1 is 1.03 bits per heavy atom. The average Bonchev–Trinajstić information content (AvgIpc) is 3.28. The number of rotatable bonds is 5. The molecule has 2 amide bonds. The Morgan fingerprint density at radius 2 is 1.83 bits per heavy atom. The molecule has 0 spiro atoms. The van der Waals surface area contributed by atoms with Crippen LogP contribution in [-0.4, -0.2) is 24.5 Å². The van der Waals surface area contributed by atoms with Crippen LogP contribution in [0.15, 0.2) is 66.7 Å². The van der Waals surface area contributed by atoms with Crippen molar-refractivity contribution in [3.63, 3.8) is 0 Å². The highest BCUT2D eigenvalue weighted by Crippen LogP contribution is 2.24. The van der Waals surface area contributed by atoms with Gasteiger partial charge in [-0.1, -0.05) is 48.5 Å². The number of fused-ring (bicyclic) bond motifs is 1. The van der Waals surface area contributed by atoms with E-state index in [1.165, 1.54) is 0 Å². The fourth-order valence-corrected chi connectivity index (χ4v) is 3.73. The highest BCUT2D eigenvalue weighted by molar-refractivity contribution is 5.98. The van der Waals surface area contributed by atoms with Gasteiger partial charge in [0.2, 0.25) is 0 Å². The first kappa shape index (κ1) is 19.2. The van der Waals surface area contributed by atoms with Gasteiger partial charge in [0.05, 0.1) is 6.04 Å². The van der Waals surface area contributed by atoms with E-state index in [4.69, 9.17) is 4.74 Å². The van der Waals surface area contributed by atoms with E-state index in [1.54, 1.807) is 24.3 Å². The molecule has 5 heteroatoms. The van der Waals surface area contributed by atoms with Gasteiger partial charge in [-0.2, -0.15) is 0 Å². The first-order valence-electron chi connectivity index (χ1n) is 9.93. The monoisotopic (exact) mass is 388 g/mol. The number of hydrogen-bond donors (Lipinski definition) is 2. The minimum atomic E-state index is -0.404. The lowest BCUT2D eigenvalue weighted by Crippen LogP contribution is -2.28. The number of anilines is 1. The summed E-state index contributed by atoms with van der Waals surface area (Å²) in [4.78, 5) is 25.1. The first-order chi connectivity index (χ1) is 14.1. The molecule has 1 aliphatic heterocycles. The Kier molecular flexibility index (Phi) is 5.58. The van der Waals surface area contributed by atoms with E-state index in [-0.39, 0.29) is 17.9 Å². The molecule has 1 aliphatic rings. The van der Waals surface area contributed by atoms with Gasteiger partial charge in [0.15, 0.2) is 0 Å². The van der Waals surface area contributed by atoms with Crippen LogP contribution in [0.1, 0.15) is 41.7 Å². The summed E-state index contributed by atoms with van der Waals surface area (Å²) in [5.74, 6) is -0.345. The highest BCUT2D eigenvalue weighted by Gasteiger charge is 2.23. The molecule has 3 aromatic rings. The number of carbonyl (C=O) groups is 2. The van der Waals surface area contributed by atoms with Crippen LogP contribution in [0.4, 0.5) is 5.69 Å². The van der Waals surface area contributed by atoms with Crippen LogP contribution in [0.5, 0.6) is 0 Å². The van der Waals surface area contributed by atoms with Crippen molar-refractivity contribution in [2.75, 3.05) is 11.9 Å². The standard InChI is InChI=1S/C24H24N2O3/c1-16(20-12-5-8-17-7-2-3-11-21(17)20)25-23(27)18-9-4-10-19(15-18)26-24(28)22-13-6-14-29-22/h2-5,7-12,15-16,22H,6,13-14H2,1H3,(H,25,27)(H,26,28)/t16-,22-/m1/s1. The van der Waals surface area contributed by atoms with Gasteiger partial charge in [-0.3, -0.25) is 9.59 Å². The Morgan fingerprint density at radius 3 is 2.66 bits per heavy atom. The Bertz CT molecular complexity index is 1040. The quantitative estimate of drug-likeness (QED) is 0.679. The molecule has 0 bridgehead atoms. The zero-order valence-electron chi connectivity index (χ0n) is 16.4. The van der Waals surface area contributed by atoms with E-state index in [9.17, 15) is 9.59 Å². The Balaban J connectivity index is 1.47. The van der Waals surface area contributed by atoms with Crippen LogP contribution in [0, 0.1) is 0 Å². The number of nitrogens with one attached hydrogen (secondary N) is 2. The molecule has 1 fully saturated rings. The molecule has 0 aromatic heterocycles. The van der Waals surface area contributed by atoms with Gasteiger partial charge in [0.1, 0.15) is 6.10 Å². The molecular weight excluding hydrogens is 364 g/mol. The summed E-state index contributed by atoms with van der Waals surface area (Å²) in [6.07, 6.45) is 1.22. The lowest BCUT2D eigenvalue weighted by molar-refractivity contribution is -0.124. The maximum atomic E-state index is 12.8. The van der Waals surface area contributed by atoms with E-state index in [1.807, 2.05) is 31.2 Å². The fraction of sp³-hybridized carbons (Fsp3) is 0.250. The van der Waals surface area contributed by atoms with Crippen LogP contribution in [-0.2, 0) is 9.53 Å². The number of ether oxygens (including phenoxy) is 1. The predicted octanol–water partition coefficient (Wildman–Crippen LogP) is 4.45. The molecule has 0 radical (unpaired) electrons. The Hall–Kier alpha value is -3.18. The molecule has 2 N–H and O–H groups in total. The van der Waals surface area contributed by atoms with Gasteiger partial charge in [-0.25, -0.2) is 0 Å². The largest absolute Gasteiger partial charge is 0.368 e. The molecule has 29 heavy (non-hydrogen) atoms. The molecule has 1 heterocycles. The summed E-state index contributed by atoms with van der Waals surface area (Å²) in [6.45, 7) is 2.59. The third kappa shape index (κ3) is 4.30. The van der Waals surface area contributed by atoms with Crippen LogP contribution >= 0.6 is 0 Å². The maximum absolute atomic E-state index is 12.8. The van der Waals surface area contributed by atoms with Crippen molar-refractivity contribution >= 4 is 28.3 Å². The second-order valence-electron chi connectivity index (χ2n) is 7.34. The first-order valence-corrected chi connectivity index (χ1v) is 9.93. The van der Waals surface area contributed by atoms with Gasteiger partial charge < -0.3 is 15.4 Å². The Labute approximate surface area is 170 Å². The molecule has 3 aromatic carbocycles. The molecule has 5 nitrogen and oxygen atoms in total. The van der Waals surface area contributed by atoms with Gasteiger partial charge in [0.25, 0.3) is 11.8 Å². The molecule has 148 valence electrons. The van der Waals surface area contributed by atoms with Crippen molar-refractivity contribution in [2.24, 2.45) is 0 Å². The zero-order valence-corrected chi connectivity index (χ0v) is 16.4. The molecular formula is C24H24N2O3. The number of hydrogen-bond acceptors (Lipinski definition) is 3. The van der Waals surface area contributed by atoms with E-state index < -0.39 is 6.10 Å². The van der Waals surface area contributed by atoms with Crippen molar-refractivity contribution in [3.05, 3.63) is 77.9 Å². The van der Waals surface area contributed by atoms with E-state index in [2.05, 4.69) is 28.8 Å². The van der Waals surface area contributed by atoms with Gasteiger partial charge in [-0.05, 0) is 54.3 Å². The number of carbonyl (C=O) groups excluding carboxylic acids is 2. The normalized spacial score (nSPS) is 17.1. The van der Waals surface area contributed by atoms with Crippen LogP contribution in [0.2, 0.25) is 0 Å². The van der Waals surface area contributed by atoms with Crippen molar-refractivity contribution in [1.29, 1.82) is 0 Å². The van der Waals surface area contributed by atoms with Crippen molar-refractivity contribution < 1.29 is 14.3 Å². The summed E-state index contributed by atoms with van der Waals surface area (Å²) in [5.41, 5.74) is 2.16. The second-order valence-corrected chi connectivity index (χ2v) is 7.34. The van der Waals surface area contributed by atoms with Gasteiger partial charge in [-0.15, -0.1) is 0 Å². The molecule has 0 unspecified atom stereocenters. The van der Waals surface area contributed by atoms with Crippen LogP contribution in [0.3, 0.4) is 0 Å². The van der Waals surface area contributed by atoms with E-state index in [0.29, 0.717) is 17.9 Å². The minimum absolute atomic E-state index is 0.154. The van der Waals surface area contributed by atoms with Crippen molar-refractivity contribution in [2.45, 2.75) is 31.9 Å². The summed E-state index contributed by atoms with van der Waals surface area (Å²) in [7, 11) is 0. The van der Waals surface area contributed by atoms with Crippen LogP contribution < -0.4 is 10.6 Å². The van der Waals surface area contributed by atoms with Crippen molar-refractivity contribution in [1.82, 2.24) is 5.32 Å². The lowest BCUT2D eigenvalue weighted by Gasteiger charge is -2.17. The fourth-order valence-electron chi connectivity index (χ4n) is 3.73. The average molecular weight is 388 g/mol. The summed E-state index contributed by atoms with van der Waals surface area (Å²) >= 11 is 0. The third-order valence-corrected chi connectivity index (χ3v) is 5.25. The molecule has 4 rings (SSSR count). The summed E-state index contributed by atoms with van der Waals surface area (Å²) < 4.78 is 5.41. The zero-order chi connectivity index (χ0) is 20.2. The molecule has 1 saturated heterocycles. The van der Waals surface area contributed by atoms with Gasteiger partial charge in [0, 0.05) is 17.9 Å². The summed E-state index contributed by atoms with van der Waals surface area (Å²) in [5, 5.41) is 8.18. The predicted molar refractivity (Wildman–Crippen MR) is 114 cm³/mol. The second kappa shape index (κ2) is 8.45. The maximum Gasteiger partial charge on any atom is 0.253 e. The highest BCUT2D eigenvalue weighted by atomic mass is 16.5. The molecule has 0 saturated carbocycles. The number of benzene rings is 3. The SMILES string of the molecule is C[C@@H](NC(=O)c1cccc(NC(=O)[C@H]2CCCO2)c1)c1cccc2ccccc12. The number of amides is 2. The van der Waals surface area contributed by atoms with E-state index >= 15 is 0 Å². The molecule has 2 atom stereocenters. The van der Waals surface area contributed by atoms with Crippen LogP contribution in [0.25, 0.3) is 10.8 Å². The molecule has 0 aliphatic carbocycles.